The fourth-order valence-corrected chi connectivity index (χ4v) is 5.14. The van der Waals surface area contributed by atoms with Crippen LogP contribution in [0.4, 0.5) is 0 Å². The molecule has 3 heterocycles. The molecule has 10 heteroatoms. The number of aliphatic hydroxyl groups excluding tert-OH is 1. The van der Waals surface area contributed by atoms with Crippen LogP contribution >= 0.6 is 11.6 Å². The normalized spacial score (nSPS) is 24.6. The summed E-state index contributed by atoms with van der Waals surface area (Å²) in [6, 6.07) is 9.62. The summed E-state index contributed by atoms with van der Waals surface area (Å²) in [5.41, 5.74) is -0.562. The van der Waals surface area contributed by atoms with Crippen LogP contribution in [-0.2, 0) is 24.2 Å². The van der Waals surface area contributed by atoms with Gasteiger partial charge in [0.1, 0.15) is 30.0 Å². The van der Waals surface area contributed by atoms with Crippen molar-refractivity contribution in [2.45, 2.75) is 44.7 Å². The Morgan fingerprint density at radius 1 is 1.17 bits per heavy atom. The first-order chi connectivity index (χ1) is 17.0. The highest BCUT2D eigenvalue weighted by molar-refractivity contribution is 6.31. The van der Waals surface area contributed by atoms with Crippen molar-refractivity contribution >= 4 is 11.6 Å². The molecule has 1 N–H and O–H groups in total. The summed E-state index contributed by atoms with van der Waals surface area (Å²) in [4.78, 5) is 17.6. The first kappa shape index (κ1) is 24.1. The van der Waals surface area contributed by atoms with Gasteiger partial charge in [-0.15, -0.1) is 0 Å². The van der Waals surface area contributed by atoms with Gasteiger partial charge < -0.3 is 19.5 Å². The molecule has 0 amide bonds. The molecule has 2 aliphatic heterocycles. The van der Waals surface area contributed by atoms with E-state index in [0.29, 0.717) is 31.1 Å². The van der Waals surface area contributed by atoms with Crippen molar-refractivity contribution in [2.24, 2.45) is 0 Å². The predicted molar refractivity (Wildman–Crippen MR) is 133 cm³/mol. The molecule has 9 nitrogen and oxygen atoms in total. The fourth-order valence-electron chi connectivity index (χ4n) is 4.92. The van der Waals surface area contributed by atoms with Crippen LogP contribution in [0.5, 0.6) is 5.75 Å². The zero-order valence-corrected chi connectivity index (χ0v) is 20.7. The summed E-state index contributed by atoms with van der Waals surface area (Å²) >= 11 is 6.13. The van der Waals surface area contributed by atoms with Crippen LogP contribution < -0.4 is 10.4 Å². The molecule has 2 aromatic rings. The monoisotopic (exact) mass is 501 g/mol. The number of aliphatic hydroxyl groups is 1. The number of para-hydroxylation sites is 1. The molecule has 188 valence electrons. The molecule has 2 fully saturated rings. The molecule has 35 heavy (non-hydrogen) atoms. The molecule has 0 radical (unpaired) electrons. The molecule has 0 saturated carbocycles. The van der Waals surface area contributed by atoms with Crippen molar-refractivity contribution in [1.82, 2.24) is 24.1 Å². The van der Waals surface area contributed by atoms with Gasteiger partial charge in [-0.25, -0.2) is 9.48 Å². The minimum absolute atomic E-state index is 0.0726. The van der Waals surface area contributed by atoms with Crippen molar-refractivity contribution in [3.63, 3.8) is 0 Å². The molecule has 3 aliphatic rings. The summed E-state index contributed by atoms with van der Waals surface area (Å²) in [5.74, 6) is 1.68. The van der Waals surface area contributed by atoms with Crippen molar-refractivity contribution < 1.29 is 14.6 Å². The van der Waals surface area contributed by atoms with E-state index in [9.17, 15) is 9.90 Å². The van der Waals surface area contributed by atoms with Gasteiger partial charge in [0.05, 0.1) is 11.6 Å². The van der Waals surface area contributed by atoms with Gasteiger partial charge in [-0.2, -0.15) is 5.10 Å². The molecule has 0 unspecified atom stereocenters. The molecule has 5 rings (SSSR count). The van der Waals surface area contributed by atoms with E-state index in [2.05, 4.69) is 14.9 Å². The largest absolute Gasteiger partial charge is 0.507 e. The zero-order chi connectivity index (χ0) is 24.4. The molecule has 0 bridgehead atoms. The lowest BCUT2D eigenvalue weighted by molar-refractivity contribution is 0.0537. The topological polar surface area (TPSA) is 88.3 Å². The Bertz CT molecular complexity index is 1150. The van der Waals surface area contributed by atoms with Gasteiger partial charge in [-0.3, -0.25) is 9.47 Å². The van der Waals surface area contributed by atoms with E-state index < -0.39 is 5.72 Å². The number of fused-ring (bicyclic) bond motifs is 1. The third-order valence-electron chi connectivity index (χ3n) is 6.91. The van der Waals surface area contributed by atoms with E-state index in [0.717, 1.165) is 50.7 Å². The standard InChI is InChI=1S/C25H32ClN5O4/c1-2-23-27-31(24(33)30(23)15-16-34-19-7-4-3-5-8-19)10-6-9-28-11-13-29(14-12-28)25-18-20(26)21(32)17-22(25)35-25/h3-5,7-8,17-18,22,32H,2,6,9-16H2,1H3/t22-,25+/m1/s1. The third kappa shape index (κ3) is 5.04. The Kier molecular flexibility index (Phi) is 7.02. The number of aryl methyl sites for hydroxylation is 2. The number of piperazine rings is 1. The van der Waals surface area contributed by atoms with Gasteiger partial charge in [-0.05, 0) is 30.7 Å². The molecular weight excluding hydrogens is 470 g/mol. The Morgan fingerprint density at radius 2 is 1.94 bits per heavy atom. The van der Waals surface area contributed by atoms with Gasteiger partial charge in [0.15, 0.2) is 5.72 Å². The molecule has 2 atom stereocenters. The average molecular weight is 502 g/mol. The van der Waals surface area contributed by atoms with Gasteiger partial charge in [-0.1, -0.05) is 36.7 Å². The minimum atomic E-state index is -0.490. The van der Waals surface area contributed by atoms with Crippen LogP contribution in [0.3, 0.4) is 0 Å². The molecular formula is C25H32ClN5O4. The van der Waals surface area contributed by atoms with E-state index >= 15 is 0 Å². The number of ether oxygens (including phenoxy) is 2. The number of hydrogen-bond donors (Lipinski definition) is 1. The van der Waals surface area contributed by atoms with Crippen LogP contribution in [0.2, 0.25) is 0 Å². The lowest BCUT2D eigenvalue weighted by atomic mass is 10.0. The first-order valence-electron chi connectivity index (χ1n) is 12.3. The zero-order valence-electron chi connectivity index (χ0n) is 20.0. The van der Waals surface area contributed by atoms with Crippen molar-refractivity contribution in [3.05, 3.63) is 69.6 Å². The molecule has 1 aromatic carbocycles. The highest BCUT2D eigenvalue weighted by Crippen LogP contribution is 2.47. The number of aromatic nitrogens is 3. The Morgan fingerprint density at radius 3 is 2.69 bits per heavy atom. The number of hydrogen-bond acceptors (Lipinski definition) is 7. The van der Waals surface area contributed by atoms with E-state index in [1.807, 2.05) is 43.3 Å². The molecule has 1 aromatic heterocycles. The lowest BCUT2D eigenvalue weighted by Gasteiger charge is -2.37. The third-order valence-corrected chi connectivity index (χ3v) is 7.21. The second-order valence-electron chi connectivity index (χ2n) is 9.11. The maximum Gasteiger partial charge on any atom is 0.346 e. The quantitative estimate of drug-likeness (QED) is 0.500. The van der Waals surface area contributed by atoms with E-state index in [1.54, 1.807) is 15.3 Å². The number of allylic oxidation sites excluding steroid dienone is 1. The first-order valence-corrected chi connectivity index (χ1v) is 12.7. The van der Waals surface area contributed by atoms with Crippen LogP contribution in [0.1, 0.15) is 19.2 Å². The van der Waals surface area contributed by atoms with Gasteiger partial charge in [0, 0.05) is 45.7 Å². The number of nitrogens with zero attached hydrogens (tertiary/aromatic N) is 5. The summed E-state index contributed by atoms with van der Waals surface area (Å²) in [6.45, 7) is 7.97. The van der Waals surface area contributed by atoms with Crippen LogP contribution in [0.25, 0.3) is 0 Å². The second kappa shape index (κ2) is 10.2. The maximum atomic E-state index is 12.9. The smallest absolute Gasteiger partial charge is 0.346 e. The number of benzene rings is 1. The summed E-state index contributed by atoms with van der Waals surface area (Å²) in [7, 11) is 0. The van der Waals surface area contributed by atoms with Crippen molar-refractivity contribution in [1.29, 1.82) is 0 Å². The Labute approximate surface area is 209 Å². The highest BCUT2D eigenvalue weighted by Gasteiger charge is 2.60. The van der Waals surface area contributed by atoms with Gasteiger partial charge in [0.2, 0.25) is 0 Å². The second-order valence-corrected chi connectivity index (χ2v) is 9.51. The summed E-state index contributed by atoms with van der Waals surface area (Å²) in [6.07, 6.45) is 4.94. The van der Waals surface area contributed by atoms with Crippen LogP contribution in [-0.4, -0.2) is 80.4 Å². The SMILES string of the molecule is CCc1nn(CCCN2CCN([C@]34C=C(Cl)C(O)=C[C@H]3O4)CC2)c(=O)n1CCOc1ccccc1. The Balaban J connectivity index is 1.09. The van der Waals surface area contributed by atoms with E-state index in [4.69, 9.17) is 21.1 Å². The number of epoxide rings is 1. The molecule has 1 aliphatic carbocycles. The number of halogens is 1. The van der Waals surface area contributed by atoms with E-state index in [1.165, 1.54) is 0 Å². The summed E-state index contributed by atoms with van der Waals surface area (Å²) < 4.78 is 14.9. The van der Waals surface area contributed by atoms with Crippen LogP contribution in [0, 0.1) is 0 Å². The molecule has 2 saturated heterocycles. The minimum Gasteiger partial charge on any atom is -0.507 e. The van der Waals surface area contributed by atoms with Crippen molar-refractivity contribution in [2.75, 3.05) is 39.3 Å². The predicted octanol–water partition coefficient (Wildman–Crippen LogP) is 2.37. The maximum absolute atomic E-state index is 12.9. The lowest BCUT2D eigenvalue weighted by Crippen LogP contribution is -2.52. The van der Waals surface area contributed by atoms with Crippen LogP contribution in [0.15, 0.2) is 58.1 Å². The number of rotatable bonds is 10. The summed E-state index contributed by atoms with van der Waals surface area (Å²) in [5, 5.41) is 14.7. The van der Waals surface area contributed by atoms with Gasteiger partial charge >= 0.3 is 5.69 Å². The highest BCUT2D eigenvalue weighted by atomic mass is 35.5. The van der Waals surface area contributed by atoms with Gasteiger partial charge in [0.25, 0.3) is 0 Å². The Hall–Kier alpha value is -2.59. The van der Waals surface area contributed by atoms with Crippen molar-refractivity contribution in [3.8, 4) is 5.75 Å². The molecule has 0 spiro atoms. The average Bonchev–Trinajstić information content (AvgIpc) is 3.50. The van der Waals surface area contributed by atoms with E-state index in [-0.39, 0.29) is 17.6 Å². The fraction of sp³-hybridized carbons (Fsp3) is 0.520.